The van der Waals surface area contributed by atoms with E-state index in [1.165, 1.54) is 12.1 Å². The van der Waals surface area contributed by atoms with Crippen molar-refractivity contribution in [1.29, 1.82) is 0 Å². The van der Waals surface area contributed by atoms with Crippen molar-refractivity contribution >= 4 is 15.7 Å². The van der Waals surface area contributed by atoms with Crippen molar-refractivity contribution < 1.29 is 13.2 Å². The van der Waals surface area contributed by atoms with E-state index in [0.29, 0.717) is 6.04 Å². The molecule has 1 aliphatic rings. The first-order chi connectivity index (χ1) is 8.75. The minimum Gasteiger partial charge on any atom is -0.382 e. The smallest absolute Gasteiger partial charge is 0.238 e. The molecule has 0 bridgehead atoms. The quantitative estimate of drug-likeness (QED) is 0.879. The van der Waals surface area contributed by atoms with Crippen LogP contribution in [-0.2, 0) is 14.8 Å². The van der Waals surface area contributed by atoms with E-state index < -0.39 is 10.0 Å². The van der Waals surface area contributed by atoms with Gasteiger partial charge in [0.1, 0.15) is 0 Å². The Labute approximate surface area is 114 Å². The second-order valence-electron chi connectivity index (χ2n) is 5.55. The summed E-state index contributed by atoms with van der Waals surface area (Å²) < 4.78 is 27.7. The van der Waals surface area contributed by atoms with Gasteiger partial charge in [-0.05, 0) is 30.7 Å². The summed E-state index contributed by atoms with van der Waals surface area (Å²) in [6.07, 6.45) is 1.20. The summed E-state index contributed by atoms with van der Waals surface area (Å²) in [6.45, 7) is 4.31. The number of primary sulfonamides is 1. The Morgan fingerprint density at radius 2 is 1.89 bits per heavy atom. The van der Waals surface area contributed by atoms with Crippen LogP contribution in [0.15, 0.2) is 29.2 Å². The van der Waals surface area contributed by atoms with Gasteiger partial charge in [-0.2, -0.15) is 0 Å². The summed E-state index contributed by atoms with van der Waals surface area (Å²) in [4.78, 5) is 0.126. The Morgan fingerprint density at radius 1 is 1.32 bits per heavy atom. The van der Waals surface area contributed by atoms with Gasteiger partial charge >= 0.3 is 0 Å². The van der Waals surface area contributed by atoms with Gasteiger partial charge in [-0.1, -0.05) is 13.8 Å². The molecule has 0 saturated heterocycles. The number of benzene rings is 1. The van der Waals surface area contributed by atoms with Crippen molar-refractivity contribution in [2.24, 2.45) is 10.6 Å². The molecule has 19 heavy (non-hydrogen) atoms. The van der Waals surface area contributed by atoms with E-state index in [-0.39, 0.29) is 16.4 Å². The molecule has 0 aliphatic heterocycles. The van der Waals surface area contributed by atoms with Crippen molar-refractivity contribution in [2.45, 2.75) is 37.3 Å². The van der Waals surface area contributed by atoms with Gasteiger partial charge in [-0.3, -0.25) is 0 Å². The maximum absolute atomic E-state index is 11.2. The first-order valence-corrected chi connectivity index (χ1v) is 7.72. The fraction of sp³-hybridized carbons (Fsp3) is 0.538. The number of ether oxygens (including phenoxy) is 1. The van der Waals surface area contributed by atoms with Gasteiger partial charge in [-0.25, -0.2) is 13.6 Å². The number of anilines is 1. The zero-order valence-electron chi connectivity index (χ0n) is 11.4. The topological polar surface area (TPSA) is 81.4 Å². The summed E-state index contributed by atoms with van der Waals surface area (Å²) in [7, 11) is -1.90. The van der Waals surface area contributed by atoms with Gasteiger partial charge in [0, 0.05) is 24.3 Å². The van der Waals surface area contributed by atoms with E-state index in [2.05, 4.69) is 19.2 Å². The Bertz CT molecular complexity index is 552. The van der Waals surface area contributed by atoms with E-state index in [9.17, 15) is 8.42 Å². The van der Waals surface area contributed by atoms with Gasteiger partial charge in [0.25, 0.3) is 0 Å². The van der Waals surface area contributed by atoms with Gasteiger partial charge in [0.05, 0.1) is 11.0 Å². The average Bonchev–Trinajstić information content (AvgIpc) is 2.33. The van der Waals surface area contributed by atoms with E-state index in [0.717, 1.165) is 12.1 Å². The normalized spacial score (nSPS) is 25.7. The molecule has 1 aromatic carbocycles. The maximum atomic E-state index is 11.2. The summed E-state index contributed by atoms with van der Waals surface area (Å²) in [5.41, 5.74) is 0.952. The third kappa shape index (κ3) is 2.75. The Morgan fingerprint density at radius 3 is 2.32 bits per heavy atom. The molecular weight excluding hydrogens is 264 g/mol. The van der Waals surface area contributed by atoms with Crippen LogP contribution in [0.25, 0.3) is 0 Å². The molecular formula is C13H20N2O3S. The average molecular weight is 284 g/mol. The van der Waals surface area contributed by atoms with Crippen LogP contribution in [0.4, 0.5) is 5.69 Å². The molecule has 0 spiro atoms. The van der Waals surface area contributed by atoms with Gasteiger partial charge in [0.2, 0.25) is 10.0 Å². The van der Waals surface area contributed by atoms with Crippen molar-refractivity contribution in [2.75, 3.05) is 12.4 Å². The molecule has 3 N–H and O–H groups in total. The second kappa shape index (κ2) is 4.77. The molecule has 0 radical (unpaired) electrons. The molecule has 1 aliphatic carbocycles. The molecule has 1 aromatic rings. The molecule has 2 atom stereocenters. The molecule has 5 nitrogen and oxygen atoms in total. The highest BCUT2D eigenvalue weighted by atomic mass is 32.2. The van der Waals surface area contributed by atoms with Crippen LogP contribution in [-0.4, -0.2) is 27.7 Å². The van der Waals surface area contributed by atoms with Crippen molar-refractivity contribution in [3.05, 3.63) is 24.3 Å². The first-order valence-electron chi connectivity index (χ1n) is 6.17. The number of rotatable bonds is 4. The van der Waals surface area contributed by atoms with E-state index in [1.807, 2.05) is 0 Å². The number of methoxy groups -OCH3 is 1. The highest BCUT2D eigenvalue weighted by Crippen LogP contribution is 2.43. The molecule has 0 aromatic heterocycles. The largest absolute Gasteiger partial charge is 0.382 e. The predicted octanol–water partition coefficient (Wildman–Crippen LogP) is 1.56. The van der Waals surface area contributed by atoms with Crippen LogP contribution in [0.3, 0.4) is 0 Å². The number of nitrogens with one attached hydrogen (secondary N) is 1. The van der Waals surface area contributed by atoms with Crippen LogP contribution in [0, 0.1) is 5.41 Å². The molecule has 2 rings (SSSR count). The maximum Gasteiger partial charge on any atom is 0.238 e. The minimum atomic E-state index is -3.62. The number of hydrogen-bond donors (Lipinski definition) is 2. The monoisotopic (exact) mass is 284 g/mol. The van der Waals surface area contributed by atoms with Crippen LogP contribution in [0.2, 0.25) is 0 Å². The highest BCUT2D eigenvalue weighted by molar-refractivity contribution is 7.89. The van der Waals surface area contributed by atoms with Crippen LogP contribution in [0.1, 0.15) is 20.3 Å². The number of nitrogens with two attached hydrogens (primary N) is 1. The number of sulfonamides is 1. The van der Waals surface area contributed by atoms with Crippen molar-refractivity contribution in [3.63, 3.8) is 0 Å². The minimum absolute atomic E-state index is 0.0629. The Hall–Kier alpha value is -1.11. The SMILES string of the molecule is COC1CC(Nc2ccc(S(N)(=O)=O)cc2)C1(C)C. The Kier molecular flexibility index (Phi) is 3.59. The van der Waals surface area contributed by atoms with Crippen molar-refractivity contribution in [3.8, 4) is 0 Å². The van der Waals surface area contributed by atoms with Crippen LogP contribution < -0.4 is 10.5 Å². The molecule has 0 amide bonds. The zero-order valence-corrected chi connectivity index (χ0v) is 12.2. The zero-order chi connectivity index (χ0) is 14.3. The van der Waals surface area contributed by atoms with Crippen LogP contribution >= 0.6 is 0 Å². The summed E-state index contributed by atoms with van der Waals surface area (Å²) in [5, 5.41) is 8.46. The van der Waals surface area contributed by atoms with E-state index in [4.69, 9.17) is 9.88 Å². The number of hydrogen-bond acceptors (Lipinski definition) is 4. The van der Waals surface area contributed by atoms with Crippen molar-refractivity contribution in [1.82, 2.24) is 0 Å². The summed E-state index contributed by atoms with van der Waals surface area (Å²) in [5.74, 6) is 0. The molecule has 1 fully saturated rings. The van der Waals surface area contributed by atoms with Gasteiger partial charge < -0.3 is 10.1 Å². The molecule has 0 heterocycles. The Balaban J connectivity index is 2.06. The van der Waals surface area contributed by atoms with Gasteiger partial charge in [0.15, 0.2) is 0 Å². The summed E-state index contributed by atoms with van der Waals surface area (Å²) in [6, 6.07) is 6.80. The lowest BCUT2D eigenvalue weighted by Gasteiger charge is -2.51. The fourth-order valence-corrected chi connectivity index (χ4v) is 2.99. The first kappa shape index (κ1) is 14.3. The third-order valence-corrected chi connectivity index (χ3v) is 4.92. The fourth-order valence-electron chi connectivity index (χ4n) is 2.47. The summed E-state index contributed by atoms with van der Waals surface area (Å²) >= 11 is 0. The standard InChI is InChI=1S/C13H20N2O3S/c1-13(2)11(8-12(13)18-3)15-9-4-6-10(7-5-9)19(14,16)17/h4-7,11-12,15H,8H2,1-3H3,(H2,14,16,17). The third-order valence-electron chi connectivity index (χ3n) is 3.99. The molecule has 1 saturated carbocycles. The van der Waals surface area contributed by atoms with Crippen LogP contribution in [0.5, 0.6) is 0 Å². The molecule has 6 heteroatoms. The molecule has 2 unspecified atom stereocenters. The van der Waals surface area contributed by atoms with E-state index >= 15 is 0 Å². The van der Waals surface area contributed by atoms with E-state index in [1.54, 1.807) is 19.2 Å². The second-order valence-corrected chi connectivity index (χ2v) is 7.11. The predicted molar refractivity (Wildman–Crippen MR) is 74.4 cm³/mol. The van der Waals surface area contributed by atoms with Gasteiger partial charge in [-0.15, -0.1) is 0 Å². The lowest BCUT2D eigenvalue weighted by Crippen LogP contribution is -2.57. The lowest BCUT2D eigenvalue weighted by atomic mass is 9.64. The highest BCUT2D eigenvalue weighted by Gasteiger charge is 2.48. The lowest BCUT2D eigenvalue weighted by molar-refractivity contribution is -0.0794. The molecule has 106 valence electrons.